The van der Waals surface area contributed by atoms with Crippen LogP contribution in [0.4, 0.5) is 10.5 Å². The van der Waals surface area contributed by atoms with Crippen molar-refractivity contribution in [1.29, 1.82) is 0 Å². The smallest absolute Gasteiger partial charge is 0.421 e. The van der Waals surface area contributed by atoms with E-state index < -0.39 is 17.9 Å². The Morgan fingerprint density at radius 1 is 1.16 bits per heavy atom. The molecular formula is C24H26N2O6. The van der Waals surface area contributed by atoms with Gasteiger partial charge in [0.15, 0.2) is 0 Å². The van der Waals surface area contributed by atoms with Crippen LogP contribution in [0.2, 0.25) is 0 Å². The van der Waals surface area contributed by atoms with Crippen LogP contribution in [0, 0.1) is 16.0 Å². The van der Waals surface area contributed by atoms with Crippen LogP contribution in [-0.2, 0) is 9.53 Å². The van der Waals surface area contributed by atoms with E-state index in [1.807, 2.05) is 19.9 Å². The fraction of sp³-hybridized carbons (Fsp3) is 0.333. The van der Waals surface area contributed by atoms with Crippen molar-refractivity contribution in [2.75, 3.05) is 25.7 Å². The molecule has 0 radical (unpaired) electrons. The standard InChI is InChI=1S/C24H26N2O6/c1-5-18(20(14-25(29)30)16-9-8-10-17(13-16)31-3)15(2)22-19-11-6-7-12-21(19)26(23(22)27)24(28)32-4/h6-13,18,20H,5,14H2,1-4H3/b22-15-/t18-,20-/m0/s1. The average molecular weight is 438 g/mol. The second-order valence-corrected chi connectivity index (χ2v) is 7.60. The minimum atomic E-state index is -0.770. The number of anilines is 1. The van der Waals surface area contributed by atoms with Gasteiger partial charge in [0.2, 0.25) is 6.54 Å². The molecule has 2 amide bonds. The number of allylic oxidation sites excluding steroid dienone is 1. The summed E-state index contributed by atoms with van der Waals surface area (Å²) in [6, 6.07) is 14.2. The second-order valence-electron chi connectivity index (χ2n) is 7.60. The zero-order valence-electron chi connectivity index (χ0n) is 18.5. The summed E-state index contributed by atoms with van der Waals surface area (Å²) in [5.41, 5.74) is 2.90. The van der Waals surface area contributed by atoms with Crippen LogP contribution in [0.1, 0.15) is 37.3 Å². The molecule has 1 aliphatic rings. The van der Waals surface area contributed by atoms with Gasteiger partial charge in [0.05, 0.1) is 25.8 Å². The molecule has 1 aliphatic heterocycles. The quantitative estimate of drug-likeness (QED) is 0.354. The van der Waals surface area contributed by atoms with Crippen LogP contribution in [0.15, 0.2) is 54.1 Å². The van der Waals surface area contributed by atoms with Crippen molar-refractivity contribution in [3.05, 3.63) is 75.3 Å². The maximum atomic E-state index is 13.3. The van der Waals surface area contributed by atoms with Crippen LogP contribution >= 0.6 is 0 Å². The van der Waals surface area contributed by atoms with Crippen LogP contribution in [0.25, 0.3) is 5.57 Å². The third-order valence-corrected chi connectivity index (χ3v) is 5.93. The minimum Gasteiger partial charge on any atom is -0.497 e. The number of rotatable bonds is 7. The normalized spacial score (nSPS) is 16.2. The molecule has 168 valence electrons. The lowest BCUT2D eigenvalue weighted by Crippen LogP contribution is -2.33. The first-order chi connectivity index (χ1) is 15.3. The minimum absolute atomic E-state index is 0.299. The van der Waals surface area contributed by atoms with Crippen LogP contribution in [0.5, 0.6) is 5.75 Å². The third kappa shape index (κ3) is 4.21. The van der Waals surface area contributed by atoms with Crippen LogP contribution in [-0.4, -0.2) is 37.7 Å². The maximum Gasteiger partial charge on any atom is 0.421 e. The SMILES string of the molecule is CC[C@@H](/C(C)=C1\C(=O)N(C(=O)OC)c2ccccc21)[C@@H](C[N+](=O)[O-])c1cccc(OC)c1. The summed E-state index contributed by atoms with van der Waals surface area (Å²) in [5, 5.41) is 11.6. The van der Waals surface area contributed by atoms with E-state index in [0.717, 1.165) is 10.5 Å². The van der Waals surface area contributed by atoms with Crippen molar-refractivity contribution in [2.24, 2.45) is 5.92 Å². The van der Waals surface area contributed by atoms with Gasteiger partial charge in [0, 0.05) is 16.1 Å². The lowest BCUT2D eigenvalue weighted by atomic mass is 9.77. The molecule has 8 heteroatoms. The van der Waals surface area contributed by atoms with E-state index in [0.29, 0.717) is 34.6 Å². The molecule has 1 heterocycles. The molecule has 0 unspecified atom stereocenters. The largest absolute Gasteiger partial charge is 0.497 e. The number of fused-ring (bicyclic) bond motifs is 1. The Balaban J connectivity index is 2.16. The molecule has 2 aromatic carbocycles. The fourth-order valence-corrected chi connectivity index (χ4v) is 4.45. The molecule has 0 spiro atoms. The number of imide groups is 1. The van der Waals surface area contributed by atoms with Gasteiger partial charge >= 0.3 is 6.09 Å². The first-order valence-corrected chi connectivity index (χ1v) is 10.3. The molecule has 32 heavy (non-hydrogen) atoms. The second kappa shape index (κ2) is 9.64. The highest BCUT2D eigenvalue weighted by Crippen LogP contribution is 2.43. The number of para-hydroxylation sites is 1. The molecule has 0 N–H and O–H groups in total. The van der Waals surface area contributed by atoms with Crippen LogP contribution < -0.4 is 9.64 Å². The third-order valence-electron chi connectivity index (χ3n) is 5.93. The first-order valence-electron chi connectivity index (χ1n) is 10.3. The lowest BCUT2D eigenvalue weighted by molar-refractivity contribution is -0.484. The number of hydrogen-bond acceptors (Lipinski definition) is 6. The zero-order chi connectivity index (χ0) is 23.4. The van der Waals surface area contributed by atoms with Gasteiger partial charge in [-0.3, -0.25) is 14.9 Å². The molecule has 3 rings (SSSR count). The predicted molar refractivity (Wildman–Crippen MR) is 120 cm³/mol. The number of benzene rings is 2. The number of ether oxygens (including phenoxy) is 2. The first kappa shape index (κ1) is 23.0. The molecule has 0 aliphatic carbocycles. The number of hydrogen-bond donors (Lipinski definition) is 0. The Morgan fingerprint density at radius 3 is 2.50 bits per heavy atom. The summed E-state index contributed by atoms with van der Waals surface area (Å²) in [5.74, 6) is -0.670. The summed E-state index contributed by atoms with van der Waals surface area (Å²) in [7, 11) is 2.76. The van der Waals surface area contributed by atoms with Crippen molar-refractivity contribution in [3.8, 4) is 5.75 Å². The molecule has 8 nitrogen and oxygen atoms in total. The molecule has 0 saturated heterocycles. The van der Waals surface area contributed by atoms with Crippen molar-refractivity contribution in [2.45, 2.75) is 26.2 Å². The summed E-state index contributed by atoms with van der Waals surface area (Å²) in [4.78, 5) is 37.9. The number of methoxy groups -OCH3 is 2. The van der Waals surface area contributed by atoms with E-state index in [1.165, 1.54) is 7.11 Å². The van der Waals surface area contributed by atoms with E-state index >= 15 is 0 Å². The van der Waals surface area contributed by atoms with Gasteiger partial charge in [-0.1, -0.05) is 42.8 Å². The van der Waals surface area contributed by atoms with E-state index in [4.69, 9.17) is 9.47 Å². The van der Waals surface area contributed by atoms with Crippen molar-refractivity contribution < 1.29 is 24.0 Å². The maximum absolute atomic E-state index is 13.3. The van der Waals surface area contributed by atoms with E-state index in [9.17, 15) is 19.7 Å². The summed E-state index contributed by atoms with van der Waals surface area (Å²) in [6.07, 6.45) is -0.202. The number of carbonyl (C=O) groups is 2. The van der Waals surface area contributed by atoms with Crippen molar-refractivity contribution >= 4 is 23.3 Å². The van der Waals surface area contributed by atoms with Crippen molar-refractivity contribution in [1.82, 2.24) is 0 Å². The van der Waals surface area contributed by atoms with E-state index in [2.05, 4.69) is 0 Å². The predicted octanol–water partition coefficient (Wildman–Crippen LogP) is 4.67. The Kier molecular flexibility index (Phi) is 6.92. The average Bonchev–Trinajstić information content (AvgIpc) is 3.09. The summed E-state index contributed by atoms with van der Waals surface area (Å²) in [6.45, 7) is 3.45. The molecular weight excluding hydrogens is 412 g/mol. The van der Waals surface area contributed by atoms with Crippen molar-refractivity contribution in [3.63, 3.8) is 0 Å². The highest BCUT2D eigenvalue weighted by Gasteiger charge is 2.40. The lowest BCUT2D eigenvalue weighted by Gasteiger charge is -2.26. The van der Waals surface area contributed by atoms with Crippen LogP contribution in [0.3, 0.4) is 0 Å². The monoisotopic (exact) mass is 438 g/mol. The molecule has 0 fully saturated rings. The Labute approximate surface area is 186 Å². The van der Waals surface area contributed by atoms with Gasteiger partial charge < -0.3 is 9.47 Å². The summed E-state index contributed by atoms with van der Waals surface area (Å²) < 4.78 is 10.1. The summed E-state index contributed by atoms with van der Waals surface area (Å²) >= 11 is 0. The van der Waals surface area contributed by atoms with Gasteiger partial charge in [-0.25, -0.2) is 9.69 Å². The Bertz CT molecular complexity index is 1080. The van der Waals surface area contributed by atoms with E-state index in [-0.39, 0.29) is 17.4 Å². The van der Waals surface area contributed by atoms with E-state index in [1.54, 1.807) is 49.6 Å². The molecule has 0 saturated carbocycles. The van der Waals surface area contributed by atoms with Gasteiger partial charge in [-0.2, -0.15) is 0 Å². The van der Waals surface area contributed by atoms with Gasteiger partial charge in [0.25, 0.3) is 5.91 Å². The fourth-order valence-electron chi connectivity index (χ4n) is 4.45. The molecule has 2 aromatic rings. The number of amides is 2. The number of nitro groups is 1. The van der Waals surface area contributed by atoms with Gasteiger partial charge in [-0.05, 0) is 43.0 Å². The molecule has 0 bridgehead atoms. The highest BCUT2D eigenvalue weighted by molar-refractivity contribution is 6.39. The molecule has 2 atom stereocenters. The molecule has 0 aromatic heterocycles. The zero-order valence-corrected chi connectivity index (χ0v) is 18.5. The van der Waals surface area contributed by atoms with Gasteiger partial charge in [0.1, 0.15) is 5.75 Å². The number of carbonyl (C=O) groups excluding carboxylic acids is 2. The Hall–Kier alpha value is -3.68. The number of nitrogens with zero attached hydrogens (tertiary/aromatic N) is 2. The Morgan fingerprint density at radius 2 is 1.88 bits per heavy atom. The van der Waals surface area contributed by atoms with Gasteiger partial charge in [-0.15, -0.1) is 0 Å². The highest BCUT2D eigenvalue weighted by atomic mass is 16.6. The topological polar surface area (TPSA) is 99.0 Å².